The SMILES string of the molecule is O=C(CCC(=O)N1CCSc2ccccc21)N1CC=C(c2c[nH]c3ncccc23)CC1. The van der Waals surface area contributed by atoms with Crippen molar-refractivity contribution in [3.05, 3.63) is 60.4 Å². The van der Waals surface area contributed by atoms with Crippen LogP contribution in [-0.4, -0.2) is 52.1 Å². The zero-order valence-corrected chi connectivity index (χ0v) is 18.0. The molecule has 5 rings (SSSR count). The predicted octanol–water partition coefficient (Wildman–Crippen LogP) is 4.10. The number of hydrogen-bond donors (Lipinski definition) is 1. The first kappa shape index (κ1) is 19.9. The minimum absolute atomic E-state index is 0.0284. The lowest BCUT2D eigenvalue weighted by atomic mass is 9.99. The Balaban J connectivity index is 1.19. The number of thioether (sulfide) groups is 1. The second-order valence-electron chi connectivity index (χ2n) is 7.78. The molecule has 0 atom stereocenters. The average Bonchev–Trinajstić information content (AvgIpc) is 3.26. The van der Waals surface area contributed by atoms with Gasteiger partial charge in [-0.3, -0.25) is 9.59 Å². The number of benzene rings is 1. The van der Waals surface area contributed by atoms with E-state index in [-0.39, 0.29) is 24.7 Å². The van der Waals surface area contributed by atoms with Crippen LogP contribution < -0.4 is 4.90 Å². The third-order valence-corrected chi connectivity index (χ3v) is 6.98. The van der Waals surface area contributed by atoms with Crippen molar-refractivity contribution in [2.24, 2.45) is 0 Å². The molecule has 0 saturated carbocycles. The first-order valence-corrected chi connectivity index (χ1v) is 11.6. The molecule has 0 fully saturated rings. The van der Waals surface area contributed by atoms with Crippen LogP contribution in [0.3, 0.4) is 0 Å². The number of amides is 2. The Labute approximate surface area is 185 Å². The van der Waals surface area contributed by atoms with E-state index in [1.54, 1.807) is 18.0 Å². The number of carbonyl (C=O) groups excluding carboxylic acids is 2. The molecule has 4 heterocycles. The topological polar surface area (TPSA) is 69.3 Å². The summed E-state index contributed by atoms with van der Waals surface area (Å²) in [6.45, 7) is 1.96. The van der Waals surface area contributed by atoms with Gasteiger partial charge in [0.15, 0.2) is 0 Å². The minimum Gasteiger partial charge on any atom is -0.346 e. The van der Waals surface area contributed by atoms with Crippen molar-refractivity contribution in [1.82, 2.24) is 14.9 Å². The molecule has 0 radical (unpaired) electrons. The highest BCUT2D eigenvalue weighted by molar-refractivity contribution is 7.99. The zero-order valence-electron chi connectivity index (χ0n) is 17.2. The van der Waals surface area contributed by atoms with Gasteiger partial charge in [-0.25, -0.2) is 4.98 Å². The van der Waals surface area contributed by atoms with Crippen LogP contribution in [0.25, 0.3) is 16.6 Å². The fourth-order valence-electron chi connectivity index (χ4n) is 4.30. The summed E-state index contributed by atoms with van der Waals surface area (Å²) in [7, 11) is 0. The quantitative estimate of drug-likeness (QED) is 0.674. The monoisotopic (exact) mass is 432 g/mol. The third-order valence-electron chi connectivity index (χ3n) is 5.94. The smallest absolute Gasteiger partial charge is 0.227 e. The summed E-state index contributed by atoms with van der Waals surface area (Å²) in [5.74, 6) is 0.962. The summed E-state index contributed by atoms with van der Waals surface area (Å²) in [5.41, 5.74) is 4.25. The second kappa shape index (κ2) is 8.59. The van der Waals surface area contributed by atoms with E-state index in [1.807, 2.05) is 46.3 Å². The number of hydrogen-bond acceptors (Lipinski definition) is 4. The van der Waals surface area contributed by atoms with E-state index in [9.17, 15) is 9.59 Å². The Morgan fingerprint density at radius 2 is 1.94 bits per heavy atom. The lowest BCUT2D eigenvalue weighted by molar-refractivity contribution is -0.132. The summed E-state index contributed by atoms with van der Waals surface area (Å²) < 4.78 is 0. The van der Waals surface area contributed by atoms with Gasteiger partial charge in [0.05, 0.1) is 5.69 Å². The Bertz CT molecular complexity index is 1170. The largest absolute Gasteiger partial charge is 0.346 e. The highest BCUT2D eigenvalue weighted by Crippen LogP contribution is 2.34. The number of nitrogens with zero attached hydrogens (tertiary/aromatic N) is 3. The van der Waals surface area contributed by atoms with Crippen LogP contribution in [0.15, 0.2) is 59.8 Å². The first-order valence-electron chi connectivity index (χ1n) is 10.6. The molecule has 2 amide bonds. The third kappa shape index (κ3) is 3.97. The number of H-pyrrole nitrogens is 1. The zero-order chi connectivity index (χ0) is 21.2. The summed E-state index contributed by atoms with van der Waals surface area (Å²) in [6, 6.07) is 12.0. The minimum atomic E-state index is 0.0284. The Morgan fingerprint density at radius 3 is 2.81 bits per heavy atom. The van der Waals surface area contributed by atoms with Crippen LogP contribution in [0, 0.1) is 0 Å². The maximum absolute atomic E-state index is 12.8. The van der Waals surface area contributed by atoms with Gasteiger partial charge in [0, 0.05) is 66.5 Å². The molecular weight excluding hydrogens is 408 g/mol. The van der Waals surface area contributed by atoms with Crippen molar-refractivity contribution >= 4 is 45.9 Å². The molecule has 0 unspecified atom stereocenters. The number of nitrogens with one attached hydrogen (secondary N) is 1. The highest BCUT2D eigenvalue weighted by atomic mass is 32.2. The molecule has 0 bridgehead atoms. The number of fused-ring (bicyclic) bond motifs is 2. The van der Waals surface area contributed by atoms with Crippen molar-refractivity contribution in [3.63, 3.8) is 0 Å². The van der Waals surface area contributed by atoms with Gasteiger partial charge in [-0.2, -0.15) is 0 Å². The van der Waals surface area contributed by atoms with E-state index in [4.69, 9.17) is 0 Å². The Hall–Kier alpha value is -3.06. The van der Waals surface area contributed by atoms with E-state index < -0.39 is 0 Å². The standard InChI is InChI=1S/C24H24N4O2S/c29-22(7-8-23(30)28-14-15-31-21-6-2-1-5-20(21)28)27-12-9-17(10-13-27)19-16-26-24-18(19)4-3-11-25-24/h1-6,9,11,16H,7-8,10,12-15H2,(H,25,26). The van der Waals surface area contributed by atoms with Gasteiger partial charge in [0.25, 0.3) is 0 Å². The normalized spacial score (nSPS) is 16.2. The van der Waals surface area contributed by atoms with Crippen LogP contribution >= 0.6 is 11.8 Å². The molecule has 6 nitrogen and oxygen atoms in total. The number of rotatable bonds is 4. The molecule has 1 aromatic carbocycles. The number of para-hydroxylation sites is 1. The number of anilines is 1. The van der Waals surface area contributed by atoms with Crippen LogP contribution in [0.5, 0.6) is 0 Å². The van der Waals surface area contributed by atoms with Crippen molar-refractivity contribution < 1.29 is 9.59 Å². The van der Waals surface area contributed by atoms with Gasteiger partial charge < -0.3 is 14.8 Å². The van der Waals surface area contributed by atoms with Crippen LogP contribution in [0.1, 0.15) is 24.8 Å². The lowest BCUT2D eigenvalue weighted by Gasteiger charge is -2.30. The van der Waals surface area contributed by atoms with Crippen LogP contribution in [0.2, 0.25) is 0 Å². The van der Waals surface area contributed by atoms with Gasteiger partial charge in [-0.15, -0.1) is 11.8 Å². The van der Waals surface area contributed by atoms with Crippen molar-refractivity contribution in [2.75, 3.05) is 30.3 Å². The number of carbonyl (C=O) groups is 2. The average molecular weight is 433 g/mol. The van der Waals surface area contributed by atoms with Crippen molar-refractivity contribution in [2.45, 2.75) is 24.2 Å². The maximum Gasteiger partial charge on any atom is 0.227 e. The first-order chi connectivity index (χ1) is 15.2. The van der Waals surface area contributed by atoms with E-state index in [0.29, 0.717) is 19.6 Å². The summed E-state index contributed by atoms with van der Waals surface area (Å²) in [5, 5.41) is 1.11. The Kier molecular flexibility index (Phi) is 5.51. The molecule has 158 valence electrons. The van der Waals surface area contributed by atoms with E-state index in [0.717, 1.165) is 39.4 Å². The number of aromatic amines is 1. The van der Waals surface area contributed by atoms with Crippen molar-refractivity contribution in [3.8, 4) is 0 Å². The molecule has 31 heavy (non-hydrogen) atoms. The molecule has 2 aromatic heterocycles. The molecule has 3 aromatic rings. The van der Waals surface area contributed by atoms with Gasteiger partial charge in [-0.1, -0.05) is 18.2 Å². The highest BCUT2D eigenvalue weighted by Gasteiger charge is 2.25. The molecule has 2 aliphatic rings. The maximum atomic E-state index is 12.8. The molecule has 0 spiro atoms. The van der Waals surface area contributed by atoms with Gasteiger partial charge >= 0.3 is 0 Å². The fourth-order valence-corrected chi connectivity index (χ4v) is 5.29. The van der Waals surface area contributed by atoms with Crippen LogP contribution in [0.4, 0.5) is 5.69 Å². The molecule has 0 aliphatic carbocycles. The lowest BCUT2D eigenvalue weighted by Crippen LogP contribution is -2.38. The molecule has 2 aliphatic heterocycles. The Morgan fingerprint density at radius 1 is 1.06 bits per heavy atom. The van der Waals surface area contributed by atoms with E-state index in [1.165, 1.54) is 5.57 Å². The van der Waals surface area contributed by atoms with Crippen molar-refractivity contribution in [1.29, 1.82) is 0 Å². The summed E-state index contributed by atoms with van der Waals surface area (Å²) >= 11 is 1.77. The number of aromatic nitrogens is 2. The summed E-state index contributed by atoms with van der Waals surface area (Å²) in [6.07, 6.45) is 7.20. The fraction of sp³-hybridized carbons (Fsp3) is 0.292. The van der Waals surface area contributed by atoms with E-state index in [2.05, 4.69) is 22.1 Å². The molecule has 7 heteroatoms. The van der Waals surface area contributed by atoms with E-state index >= 15 is 0 Å². The van der Waals surface area contributed by atoms with Gasteiger partial charge in [0.2, 0.25) is 11.8 Å². The predicted molar refractivity (Wildman–Crippen MR) is 124 cm³/mol. The van der Waals surface area contributed by atoms with Gasteiger partial charge in [0.1, 0.15) is 5.65 Å². The molecular formula is C24H24N4O2S. The molecule has 0 saturated heterocycles. The number of pyridine rings is 1. The van der Waals surface area contributed by atoms with Gasteiger partial charge in [-0.05, 0) is 36.3 Å². The molecule has 1 N–H and O–H groups in total. The van der Waals surface area contributed by atoms with Crippen LogP contribution in [-0.2, 0) is 9.59 Å². The second-order valence-corrected chi connectivity index (χ2v) is 8.92. The summed E-state index contributed by atoms with van der Waals surface area (Å²) in [4.78, 5) is 37.9.